The first-order valence-electron chi connectivity index (χ1n) is 4.36. The third kappa shape index (κ3) is 1.89. The fourth-order valence-corrected chi connectivity index (χ4v) is 1.29. The minimum absolute atomic E-state index is 0.216. The average Bonchev–Trinajstić information content (AvgIpc) is 2.88. The molecule has 2 rings (SSSR count). The smallest absolute Gasteiger partial charge is 0.301 e. The van der Waals surface area contributed by atoms with Gasteiger partial charge in [0.25, 0.3) is 0 Å². The molecule has 3 N–H and O–H groups in total. The summed E-state index contributed by atoms with van der Waals surface area (Å²) in [6, 6.07) is 3.52. The lowest BCUT2D eigenvalue weighted by atomic mass is 10.2. The molecule has 0 aliphatic carbocycles. The van der Waals surface area contributed by atoms with E-state index in [1.165, 1.54) is 6.26 Å². The molecule has 6 nitrogen and oxygen atoms in total. The zero-order chi connectivity index (χ0) is 10.7. The quantitative estimate of drug-likeness (QED) is 0.424. The molecule has 0 atom stereocenters. The fourth-order valence-electron chi connectivity index (χ4n) is 1.29. The van der Waals surface area contributed by atoms with Crippen LogP contribution in [-0.2, 0) is 6.54 Å². The van der Waals surface area contributed by atoms with Crippen molar-refractivity contribution in [3.05, 3.63) is 42.1 Å². The molecule has 0 unspecified atom stereocenters. The molecule has 0 bridgehead atoms. The summed E-state index contributed by atoms with van der Waals surface area (Å²) < 4.78 is 6.73. The Labute approximate surface area is 85.6 Å². The van der Waals surface area contributed by atoms with Crippen LogP contribution < -0.4 is 11.3 Å². The number of nitrogens with one attached hydrogen (secondary N) is 1. The highest BCUT2D eigenvalue weighted by Gasteiger charge is 2.14. The van der Waals surface area contributed by atoms with Gasteiger partial charge in [0.15, 0.2) is 5.76 Å². The number of aromatic nitrogens is 2. The lowest BCUT2D eigenvalue weighted by Gasteiger charge is -2.01. The molecular weight excluding hydrogens is 196 g/mol. The second kappa shape index (κ2) is 3.97. The Kier molecular flexibility index (Phi) is 2.51. The Bertz CT molecular complexity index is 446. The zero-order valence-corrected chi connectivity index (χ0v) is 7.88. The lowest BCUT2D eigenvalue weighted by molar-refractivity contribution is 0.0924. The molecule has 0 aromatic carbocycles. The first-order chi connectivity index (χ1) is 7.31. The highest BCUT2D eigenvalue weighted by molar-refractivity contribution is 5.92. The van der Waals surface area contributed by atoms with Crippen LogP contribution in [0.3, 0.4) is 0 Å². The molecule has 0 saturated carbocycles. The summed E-state index contributed by atoms with van der Waals surface area (Å²) in [6.07, 6.45) is 4.92. The van der Waals surface area contributed by atoms with E-state index < -0.39 is 5.91 Å². The molecule has 78 valence electrons. The van der Waals surface area contributed by atoms with E-state index in [-0.39, 0.29) is 5.76 Å². The number of hydrogen-bond acceptors (Lipinski definition) is 4. The van der Waals surface area contributed by atoms with E-state index in [1.807, 2.05) is 11.5 Å². The van der Waals surface area contributed by atoms with Crippen LogP contribution in [-0.4, -0.2) is 15.7 Å². The van der Waals surface area contributed by atoms with Crippen molar-refractivity contribution in [3.63, 3.8) is 0 Å². The third-order valence-electron chi connectivity index (χ3n) is 1.98. The number of carbonyl (C=O) groups is 1. The van der Waals surface area contributed by atoms with E-state index in [1.54, 1.807) is 23.1 Å². The van der Waals surface area contributed by atoms with E-state index in [9.17, 15) is 4.79 Å². The van der Waals surface area contributed by atoms with Crippen molar-refractivity contribution in [2.45, 2.75) is 6.54 Å². The minimum atomic E-state index is -0.442. The predicted octanol–water partition coefficient (Wildman–Crippen LogP) is 0.128. The van der Waals surface area contributed by atoms with Gasteiger partial charge in [-0.1, -0.05) is 0 Å². The second-order valence-electron chi connectivity index (χ2n) is 2.95. The van der Waals surface area contributed by atoms with Gasteiger partial charge in [-0.15, -0.1) is 0 Å². The number of hydrogen-bond donors (Lipinski definition) is 2. The molecule has 0 radical (unpaired) electrons. The summed E-state index contributed by atoms with van der Waals surface area (Å²) in [5.41, 5.74) is 2.76. The van der Waals surface area contributed by atoms with E-state index in [0.29, 0.717) is 6.54 Å². The van der Waals surface area contributed by atoms with Gasteiger partial charge in [-0.25, -0.2) is 5.84 Å². The predicted molar refractivity (Wildman–Crippen MR) is 51.7 cm³/mol. The maximum Gasteiger partial charge on any atom is 0.301 e. The molecule has 2 aromatic rings. The number of amides is 1. The highest BCUT2D eigenvalue weighted by Crippen LogP contribution is 2.11. The Morgan fingerprint density at radius 3 is 3.20 bits per heavy atom. The molecule has 1 amide bonds. The molecule has 0 aliphatic rings. The highest BCUT2D eigenvalue weighted by atomic mass is 16.3. The van der Waals surface area contributed by atoms with E-state index >= 15 is 0 Å². The van der Waals surface area contributed by atoms with Gasteiger partial charge in [0.2, 0.25) is 0 Å². The Hall–Kier alpha value is -2.08. The van der Waals surface area contributed by atoms with Crippen molar-refractivity contribution in [1.82, 2.24) is 15.2 Å². The normalized spacial score (nSPS) is 10.2. The monoisotopic (exact) mass is 206 g/mol. The number of nitrogen functional groups attached to an aromatic ring is 1. The van der Waals surface area contributed by atoms with Crippen molar-refractivity contribution < 1.29 is 9.21 Å². The summed E-state index contributed by atoms with van der Waals surface area (Å²) in [6.45, 7) is 0.478. The van der Waals surface area contributed by atoms with Gasteiger partial charge in [0.05, 0.1) is 12.8 Å². The minimum Gasteiger partial charge on any atom is -0.459 e. The number of nitrogens with zero attached hydrogens (tertiary/aromatic N) is 2. The largest absolute Gasteiger partial charge is 0.459 e. The molecule has 15 heavy (non-hydrogen) atoms. The molecule has 0 fully saturated rings. The lowest BCUT2D eigenvalue weighted by Crippen LogP contribution is -2.30. The molecular formula is C9H10N4O2. The zero-order valence-electron chi connectivity index (χ0n) is 7.88. The summed E-state index contributed by atoms with van der Waals surface area (Å²) in [5, 5.41) is 4.03. The third-order valence-corrected chi connectivity index (χ3v) is 1.98. The van der Waals surface area contributed by atoms with Crippen LogP contribution in [0.1, 0.15) is 16.1 Å². The molecule has 0 saturated heterocycles. The van der Waals surface area contributed by atoms with Gasteiger partial charge in [-0.2, -0.15) is 5.10 Å². The molecule has 2 heterocycles. The summed E-state index contributed by atoms with van der Waals surface area (Å²) >= 11 is 0. The molecule has 2 aromatic heterocycles. The molecule has 6 heteroatoms. The maximum atomic E-state index is 11.3. The Balaban J connectivity index is 2.22. The number of hydrazine groups is 1. The van der Waals surface area contributed by atoms with E-state index in [4.69, 9.17) is 10.3 Å². The fraction of sp³-hybridized carbons (Fsp3) is 0.111. The van der Waals surface area contributed by atoms with Gasteiger partial charge in [0.1, 0.15) is 0 Å². The van der Waals surface area contributed by atoms with Gasteiger partial charge >= 0.3 is 5.91 Å². The Morgan fingerprint density at radius 1 is 1.67 bits per heavy atom. The summed E-state index contributed by atoms with van der Waals surface area (Å²) in [7, 11) is 0. The topological polar surface area (TPSA) is 86.1 Å². The number of carbonyl (C=O) groups excluding carboxylic acids is 1. The van der Waals surface area contributed by atoms with Crippen LogP contribution in [0.25, 0.3) is 0 Å². The van der Waals surface area contributed by atoms with Crippen LogP contribution in [0.5, 0.6) is 0 Å². The van der Waals surface area contributed by atoms with E-state index in [2.05, 4.69) is 5.10 Å². The first-order valence-corrected chi connectivity index (χ1v) is 4.36. The average molecular weight is 206 g/mol. The molecule has 0 spiro atoms. The van der Waals surface area contributed by atoms with Crippen LogP contribution in [0.4, 0.5) is 0 Å². The van der Waals surface area contributed by atoms with E-state index in [0.717, 1.165) is 5.56 Å². The first kappa shape index (κ1) is 9.47. The van der Waals surface area contributed by atoms with Crippen molar-refractivity contribution in [2.75, 3.05) is 0 Å². The summed E-state index contributed by atoms with van der Waals surface area (Å²) in [5.74, 6) is 4.80. The molecule has 0 aliphatic heterocycles. The van der Waals surface area contributed by atoms with Crippen molar-refractivity contribution >= 4 is 5.91 Å². The SMILES string of the molecule is NNC(=O)c1occc1Cn1cccn1. The van der Waals surface area contributed by atoms with Crippen LogP contribution in [0.2, 0.25) is 0 Å². The summed E-state index contributed by atoms with van der Waals surface area (Å²) in [4.78, 5) is 11.3. The number of furan rings is 1. The van der Waals surface area contributed by atoms with Crippen LogP contribution in [0.15, 0.2) is 35.2 Å². The van der Waals surface area contributed by atoms with Gasteiger partial charge in [-0.05, 0) is 12.1 Å². The van der Waals surface area contributed by atoms with Gasteiger partial charge < -0.3 is 4.42 Å². The van der Waals surface area contributed by atoms with Crippen molar-refractivity contribution in [3.8, 4) is 0 Å². The number of nitrogens with two attached hydrogens (primary N) is 1. The Morgan fingerprint density at radius 2 is 2.53 bits per heavy atom. The second-order valence-corrected chi connectivity index (χ2v) is 2.95. The van der Waals surface area contributed by atoms with Crippen molar-refractivity contribution in [2.24, 2.45) is 5.84 Å². The number of rotatable bonds is 3. The van der Waals surface area contributed by atoms with Gasteiger partial charge in [-0.3, -0.25) is 14.9 Å². The van der Waals surface area contributed by atoms with Gasteiger partial charge in [0, 0.05) is 18.0 Å². The van der Waals surface area contributed by atoms with Crippen LogP contribution in [0, 0.1) is 0 Å². The maximum absolute atomic E-state index is 11.3. The standard InChI is InChI=1S/C9H10N4O2/c10-12-9(14)8-7(2-5-15-8)6-13-4-1-3-11-13/h1-5H,6,10H2,(H,12,14). The van der Waals surface area contributed by atoms with Crippen molar-refractivity contribution in [1.29, 1.82) is 0 Å². The van der Waals surface area contributed by atoms with Crippen LogP contribution >= 0.6 is 0 Å².